The van der Waals surface area contributed by atoms with Gasteiger partial charge < -0.3 is 11.1 Å². The Hall–Kier alpha value is -1.82. The van der Waals surface area contributed by atoms with E-state index in [0.717, 1.165) is 23.0 Å². The number of hydrogen-bond acceptors (Lipinski definition) is 4. The van der Waals surface area contributed by atoms with Crippen LogP contribution >= 0.6 is 11.8 Å². The highest BCUT2D eigenvalue weighted by Crippen LogP contribution is 2.23. The largest absolute Gasteiger partial charge is 0.378 e. The highest BCUT2D eigenvalue weighted by molar-refractivity contribution is 8.15. The van der Waals surface area contributed by atoms with Crippen LogP contribution in [-0.4, -0.2) is 22.2 Å². The molecule has 0 bridgehead atoms. The van der Waals surface area contributed by atoms with E-state index in [1.807, 2.05) is 25.1 Å². The number of nitrogens with one attached hydrogen (secondary N) is 1. The highest BCUT2D eigenvalue weighted by Gasteiger charge is 2.29. The van der Waals surface area contributed by atoms with E-state index in [2.05, 4.69) is 10.3 Å². The molecule has 0 saturated carbocycles. The highest BCUT2D eigenvalue weighted by atomic mass is 32.2. The second-order valence-corrected chi connectivity index (χ2v) is 5.24. The van der Waals surface area contributed by atoms with Crippen molar-refractivity contribution in [1.82, 2.24) is 0 Å². The molecular weight excluding hydrogens is 250 g/mol. The van der Waals surface area contributed by atoms with E-state index in [0.29, 0.717) is 0 Å². The Bertz CT molecular complexity index is 528. The molecule has 1 heterocycles. The second-order valence-electron chi connectivity index (χ2n) is 4.02. The SMILES string of the molecule is Cc1cccc(NC(=O)C[C@@H]2SC(N)=NC2=O)c1. The van der Waals surface area contributed by atoms with Gasteiger partial charge in [0.2, 0.25) is 5.91 Å². The number of hydrogen-bond donors (Lipinski definition) is 2. The molecule has 0 unspecified atom stereocenters. The average Bonchev–Trinajstić information content (AvgIpc) is 2.57. The summed E-state index contributed by atoms with van der Waals surface area (Å²) in [6.07, 6.45) is 0.0850. The maximum Gasteiger partial charge on any atom is 0.262 e. The van der Waals surface area contributed by atoms with Crippen LogP contribution in [0.4, 0.5) is 5.69 Å². The predicted octanol–water partition coefficient (Wildman–Crippen LogP) is 1.28. The molecule has 1 aliphatic heterocycles. The first-order valence-corrected chi connectivity index (χ1v) is 6.34. The van der Waals surface area contributed by atoms with Crippen molar-refractivity contribution in [3.05, 3.63) is 29.8 Å². The summed E-state index contributed by atoms with van der Waals surface area (Å²) in [6.45, 7) is 1.94. The van der Waals surface area contributed by atoms with Gasteiger partial charge in [-0.2, -0.15) is 4.99 Å². The molecule has 2 amide bonds. The number of amides is 2. The second kappa shape index (κ2) is 5.22. The van der Waals surface area contributed by atoms with Crippen molar-refractivity contribution in [1.29, 1.82) is 0 Å². The van der Waals surface area contributed by atoms with E-state index in [-0.39, 0.29) is 23.4 Å². The number of carbonyl (C=O) groups is 2. The zero-order valence-electron chi connectivity index (χ0n) is 9.84. The van der Waals surface area contributed by atoms with E-state index in [4.69, 9.17) is 5.73 Å². The van der Waals surface area contributed by atoms with E-state index in [9.17, 15) is 9.59 Å². The molecule has 1 aromatic rings. The van der Waals surface area contributed by atoms with E-state index in [1.54, 1.807) is 6.07 Å². The summed E-state index contributed by atoms with van der Waals surface area (Å²) < 4.78 is 0. The molecule has 0 aliphatic carbocycles. The molecule has 5 nitrogen and oxygen atoms in total. The molecule has 0 aromatic heterocycles. The third-order valence-electron chi connectivity index (χ3n) is 2.43. The molecule has 6 heteroatoms. The van der Waals surface area contributed by atoms with Crippen LogP contribution in [0, 0.1) is 6.92 Å². The van der Waals surface area contributed by atoms with Crippen LogP contribution in [0.15, 0.2) is 29.3 Å². The minimum atomic E-state index is -0.491. The van der Waals surface area contributed by atoms with Gasteiger partial charge in [0.05, 0.1) is 0 Å². The Morgan fingerprint density at radius 2 is 2.33 bits per heavy atom. The summed E-state index contributed by atoms with van der Waals surface area (Å²) in [5, 5.41) is 2.49. The number of rotatable bonds is 3. The molecule has 0 fully saturated rings. The van der Waals surface area contributed by atoms with Gasteiger partial charge in [0.1, 0.15) is 5.25 Å². The molecule has 1 aromatic carbocycles. The summed E-state index contributed by atoms with van der Waals surface area (Å²) in [5.41, 5.74) is 7.21. The third kappa shape index (κ3) is 3.10. The maximum atomic E-state index is 11.8. The van der Waals surface area contributed by atoms with Gasteiger partial charge in [-0.25, -0.2) is 0 Å². The molecule has 94 valence electrons. The van der Waals surface area contributed by atoms with Crippen LogP contribution in [-0.2, 0) is 9.59 Å². The number of aliphatic imine (C=N–C) groups is 1. The fourth-order valence-corrected chi connectivity index (χ4v) is 2.46. The first kappa shape index (κ1) is 12.6. The number of anilines is 1. The Labute approximate surface area is 109 Å². The summed E-state index contributed by atoms with van der Waals surface area (Å²) in [4.78, 5) is 26.7. The smallest absolute Gasteiger partial charge is 0.262 e. The lowest BCUT2D eigenvalue weighted by molar-refractivity contribution is -0.121. The van der Waals surface area contributed by atoms with Crippen molar-refractivity contribution in [2.75, 3.05) is 5.32 Å². The van der Waals surface area contributed by atoms with Crippen molar-refractivity contribution < 1.29 is 9.59 Å². The van der Waals surface area contributed by atoms with Gasteiger partial charge in [0.25, 0.3) is 5.91 Å². The number of thioether (sulfide) groups is 1. The van der Waals surface area contributed by atoms with Crippen molar-refractivity contribution in [3.8, 4) is 0 Å². The Morgan fingerprint density at radius 3 is 2.94 bits per heavy atom. The zero-order valence-corrected chi connectivity index (χ0v) is 10.7. The van der Waals surface area contributed by atoms with E-state index >= 15 is 0 Å². The maximum absolute atomic E-state index is 11.8. The van der Waals surface area contributed by atoms with Crippen molar-refractivity contribution in [3.63, 3.8) is 0 Å². The Balaban J connectivity index is 1.92. The molecule has 0 spiro atoms. The van der Waals surface area contributed by atoms with Gasteiger partial charge in [-0.15, -0.1) is 0 Å². The molecule has 0 radical (unpaired) electrons. The summed E-state index contributed by atoms with van der Waals surface area (Å²) in [5.74, 6) is -0.548. The normalized spacial score (nSPS) is 18.6. The van der Waals surface area contributed by atoms with Gasteiger partial charge in [-0.05, 0) is 24.6 Å². The topological polar surface area (TPSA) is 84.6 Å². The van der Waals surface area contributed by atoms with Crippen LogP contribution in [0.2, 0.25) is 0 Å². The minimum absolute atomic E-state index is 0.0850. The molecule has 3 N–H and O–H groups in total. The Kier molecular flexibility index (Phi) is 3.66. The zero-order chi connectivity index (χ0) is 13.1. The quantitative estimate of drug-likeness (QED) is 0.860. The third-order valence-corrected chi connectivity index (χ3v) is 3.42. The van der Waals surface area contributed by atoms with Gasteiger partial charge in [-0.1, -0.05) is 23.9 Å². The number of aryl methyl sites for hydroxylation is 1. The van der Waals surface area contributed by atoms with Crippen LogP contribution in [0.5, 0.6) is 0 Å². The number of nitrogens with zero attached hydrogens (tertiary/aromatic N) is 1. The van der Waals surface area contributed by atoms with E-state index < -0.39 is 5.25 Å². The lowest BCUT2D eigenvalue weighted by Crippen LogP contribution is -2.21. The fourth-order valence-electron chi connectivity index (χ4n) is 1.64. The van der Waals surface area contributed by atoms with Gasteiger partial charge in [-0.3, -0.25) is 9.59 Å². The molecule has 18 heavy (non-hydrogen) atoms. The standard InChI is InChI=1S/C12H13N3O2S/c1-7-3-2-4-8(5-7)14-10(16)6-9-11(17)15-12(13)18-9/h2-5,9H,6H2,1H3,(H,14,16)(H2,13,15,17)/t9-/m0/s1. The molecular formula is C12H13N3O2S. The molecule has 1 aliphatic rings. The number of amidine groups is 1. The monoisotopic (exact) mass is 263 g/mol. The molecule has 0 saturated heterocycles. The van der Waals surface area contributed by atoms with Crippen LogP contribution in [0.1, 0.15) is 12.0 Å². The predicted molar refractivity (Wildman–Crippen MR) is 72.4 cm³/mol. The van der Waals surface area contributed by atoms with Crippen molar-refractivity contribution >= 4 is 34.4 Å². The summed E-state index contributed by atoms with van der Waals surface area (Å²) in [6, 6.07) is 7.48. The first-order chi connectivity index (χ1) is 8.54. The number of nitrogens with two attached hydrogens (primary N) is 1. The van der Waals surface area contributed by atoms with E-state index in [1.165, 1.54) is 0 Å². The van der Waals surface area contributed by atoms with Crippen molar-refractivity contribution in [2.45, 2.75) is 18.6 Å². The lowest BCUT2D eigenvalue weighted by Gasteiger charge is -2.08. The first-order valence-electron chi connectivity index (χ1n) is 5.46. The summed E-state index contributed by atoms with van der Waals surface area (Å²) in [7, 11) is 0. The number of carbonyl (C=O) groups excluding carboxylic acids is 2. The molecule has 1 atom stereocenters. The van der Waals surface area contributed by atoms with Gasteiger partial charge >= 0.3 is 0 Å². The lowest BCUT2D eigenvalue weighted by atomic mass is 10.2. The van der Waals surface area contributed by atoms with Crippen LogP contribution in [0.25, 0.3) is 0 Å². The average molecular weight is 263 g/mol. The van der Waals surface area contributed by atoms with Gasteiger partial charge in [0, 0.05) is 12.1 Å². The van der Waals surface area contributed by atoms with Gasteiger partial charge in [0.15, 0.2) is 5.17 Å². The van der Waals surface area contributed by atoms with Crippen LogP contribution < -0.4 is 11.1 Å². The fraction of sp³-hybridized carbons (Fsp3) is 0.250. The van der Waals surface area contributed by atoms with Crippen LogP contribution in [0.3, 0.4) is 0 Å². The minimum Gasteiger partial charge on any atom is -0.378 e. The molecule has 2 rings (SSSR count). The van der Waals surface area contributed by atoms with Crippen molar-refractivity contribution in [2.24, 2.45) is 10.7 Å². The number of benzene rings is 1. The summed E-state index contributed by atoms with van der Waals surface area (Å²) >= 11 is 1.13. The Morgan fingerprint density at radius 1 is 1.56 bits per heavy atom.